The predicted molar refractivity (Wildman–Crippen MR) is 35.7 cm³/mol. The third-order valence-corrected chi connectivity index (χ3v) is 1.56. The van der Waals surface area contributed by atoms with E-state index in [2.05, 4.69) is 5.73 Å². The van der Waals surface area contributed by atoms with E-state index in [4.69, 9.17) is 10.2 Å². The molecule has 0 radical (unpaired) electrons. The Morgan fingerprint density at radius 3 is 1.91 bits per heavy atom. The van der Waals surface area contributed by atoms with Crippen molar-refractivity contribution in [3.05, 3.63) is 0 Å². The van der Waals surface area contributed by atoms with Crippen LogP contribution in [-0.4, -0.2) is 28.2 Å². The van der Waals surface area contributed by atoms with Crippen molar-refractivity contribution in [2.24, 2.45) is 5.92 Å². The molecule has 5 N–H and O–H groups in total. The highest BCUT2D eigenvalue weighted by atomic mass is 16.4. The minimum Gasteiger partial charge on any atom is -0.481 e. The van der Waals surface area contributed by atoms with Gasteiger partial charge in [-0.2, -0.15) is 0 Å². The van der Waals surface area contributed by atoms with Crippen molar-refractivity contribution < 1.29 is 25.5 Å². The van der Waals surface area contributed by atoms with E-state index in [1.807, 2.05) is 0 Å². The van der Waals surface area contributed by atoms with Gasteiger partial charge in [0.2, 0.25) is 0 Å². The molecule has 5 nitrogen and oxygen atoms in total. The zero-order valence-electron chi connectivity index (χ0n) is 6.28. The summed E-state index contributed by atoms with van der Waals surface area (Å²) in [6.45, 7) is 1.62. The number of carboxylic acids is 2. The van der Waals surface area contributed by atoms with Crippen molar-refractivity contribution in [3.8, 4) is 0 Å². The Kier molecular flexibility index (Phi) is 3.53. The van der Waals surface area contributed by atoms with Crippen molar-refractivity contribution in [2.75, 3.05) is 0 Å². The summed E-state index contributed by atoms with van der Waals surface area (Å²) in [5.74, 6) is -3.15. The molecule has 0 heterocycles. The Bertz CT molecular complexity index is 168. The number of carbonyl (C=O) groups is 2. The Balaban J connectivity index is 4.25. The molecule has 64 valence electrons. The van der Waals surface area contributed by atoms with Crippen LogP contribution in [0, 0.1) is 5.92 Å². The van der Waals surface area contributed by atoms with Crippen molar-refractivity contribution >= 4 is 11.9 Å². The SMILES string of the molecule is CC[C@H](C(=O)O)[C@H]([NH3+])C(=O)O. The minimum absolute atomic E-state index is 0.288. The first-order valence-electron chi connectivity index (χ1n) is 3.29. The summed E-state index contributed by atoms with van der Waals surface area (Å²) >= 11 is 0. The molecule has 0 saturated heterocycles. The second-order valence-corrected chi connectivity index (χ2v) is 2.30. The summed E-state index contributed by atoms with van der Waals surface area (Å²) in [5, 5.41) is 16.9. The lowest BCUT2D eigenvalue weighted by Gasteiger charge is -2.10. The zero-order chi connectivity index (χ0) is 9.02. The van der Waals surface area contributed by atoms with Crippen molar-refractivity contribution in [2.45, 2.75) is 19.4 Å². The van der Waals surface area contributed by atoms with Crippen LogP contribution in [0.3, 0.4) is 0 Å². The fraction of sp³-hybridized carbons (Fsp3) is 0.667. The molecule has 2 atom stereocenters. The molecule has 0 aromatic carbocycles. The van der Waals surface area contributed by atoms with Crippen molar-refractivity contribution in [1.82, 2.24) is 0 Å². The lowest BCUT2D eigenvalue weighted by atomic mass is 9.98. The van der Waals surface area contributed by atoms with Gasteiger partial charge in [0, 0.05) is 0 Å². The lowest BCUT2D eigenvalue weighted by Crippen LogP contribution is -2.69. The van der Waals surface area contributed by atoms with Gasteiger partial charge in [-0.3, -0.25) is 4.79 Å². The molecule has 0 fully saturated rings. The van der Waals surface area contributed by atoms with Crippen LogP contribution in [0.15, 0.2) is 0 Å². The Hall–Kier alpha value is -1.10. The molecular formula is C6H12NO4+. The molecule has 0 bridgehead atoms. The fourth-order valence-corrected chi connectivity index (χ4v) is 0.803. The maximum absolute atomic E-state index is 10.4. The van der Waals surface area contributed by atoms with Crippen LogP contribution in [-0.2, 0) is 9.59 Å². The Labute approximate surface area is 63.8 Å². The fourth-order valence-electron chi connectivity index (χ4n) is 0.803. The van der Waals surface area contributed by atoms with Gasteiger partial charge in [0.25, 0.3) is 0 Å². The highest BCUT2D eigenvalue weighted by molar-refractivity contribution is 5.81. The Morgan fingerprint density at radius 2 is 1.82 bits per heavy atom. The molecule has 0 saturated carbocycles. The molecule has 11 heavy (non-hydrogen) atoms. The first kappa shape index (κ1) is 9.90. The van der Waals surface area contributed by atoms with Gasteiger partial charge in [-0.25, -0.2) is 4.79 Å². The molecular weight excluding hydrogens is 150 g/mol. The van der Waals surface area contributed by atoms with E-state index in [1.54, 1.807) is 6.92 Å². The van der Waals surface area contributed by atoms with E-state index in [0.717, 1.165) is 0 Å². The molecule has 0 aromatic heterocycles. The van der Waals surface area contributed by atoms with Gasteiger partial charge in [-0.15, -0.1) is 0 Å². The highest BCUT2D eigenvalue weighted by Crippen LogP contribution is 2.05. The first-order chi connectivity index (χ1) is 5.00. The zero-order valence-corrected chi connectivity index (χ0v) is 6.28. The van der Waals surface area contributed by atoms with Gasteiger partial charge in [-0.1, -0.05) is 6.92 Å². The first-order valence-corrected chi connectivity index (χ1v) is 3.29. The average Bonchev–Trinajstić information content (AvgIpc) is 1.88. The van der Waals surface area contributed by atoms with Crippen LogP contribution >= 0.6 is 0 Å². The second kappa shape index (κ2) is 3.92. The van der Waals surface area contributed by atoms with E-state index < -0.39 is 23.9 Å². The summed E-state index contributed by atoms with van der Waals surface area (Å²) in [4.78, 5) is 20.7. The van der Waals surface area contributed by atoms with Crippen molar-refractivity contribution in [1.29, 1.82) is 0 Å². The minimum atomic E-state index is -1.17. The van der Waals surface area contributed by atoms with Crippen LogP contribution < -0.4 is 5.73 Å². The third-order valence-electron chi connectivity index (χ3n) is 1.56. The van der Waals surface area contributed by atoms with Gasteiger partial charge in [0.1, 0.15) is 5.92 Å². The standard InChI is InChI=1S/C6H11NO4/c1-2-3(5(8)9)4(7)6(10)11/h3-4H,2,7H2,1H3,(H,8,9)(H,10,11)/p+1/t3-,4-/m0/s1. The normalized spacial score (nSPS) is 15.5. The number of aliphatic carboxylic acids is 2. The number of hydrogen-bond donors (Lipinski definition) is 3. The summed E-state index contributed by atoms with van der Waals surface area (Å²) in [6, 6.07) is -1.06. The summed E-state index contributed by atoms with van der Waals surface area (Å²) in [7, 11) is 0. The summed E-state index contributed by atoms with van der Waals surface area (Å²) in [6.07, 6.45) is 0.288. The van der Waals surface area contributed by atoms with Gasteiger partial charge >= 0.3 is 11.9 Å². The topological polar surface area (TPSA) is 102 Å². The second-order valence-electron chi connectivity index (χ2n) is 2.30. The van der Waals surface area contributed by atoms with Gasteiger partial charge in [0.15, 0.2) is 6.04 Å². The molecule has 5 heteroatoms. The van der Waals surface area contributed by atoms with Crippen LogP contribution in [0.2, 0.25) is 0 Å². The summed E-state index contributed by atoms with van der Waals surface area (Å²) in [5.41, 5.74) is 3.25. The largest absolute Gasteiger partial charge is 0.481 e. The smallest absolute Gasteiger partial charge is 0.363 e. The van der Waals surface area contributed by atoms with Gasteiger partial charge < -0.3 is 15.9 Å². The predicted octanol–water partition coefficient (Wildman–Crippen LogP) is -1.21. The van der Waals surface area contributed by atoms with E-state index >= 15 is 0 Å². The number of hydrogen-bond acceptors (Lipinski definition) is 2. The monoisotopic (exact) mass is 162 g/mol. The van der Waals surface area contributed by atoms with Crippen molar-refractivity contribution in [3.63, 3.8) is 0 Å². The molecule has 0 spiro atoms. The van der Waals surface area contributed by atoms with E-state index in [-0.39, 0.29) is 6.42 Å². The van der Waals surface area contributed by atoms with Gasteiger partial charge in [-0.05, 0) is 6.42 Å². The number of rotatable bonds is 4. The van der Waals surface area contributed by atoms with E-state index in [0.29, 0.717) is 0 Å². The molecule has 0 unspecified atom stereocenters. The number of carboxylic acid groups (broad SMARTS) is 2. The maximum atomic E-state index is 10.4. The summed E-state index contributed by atoms with van der Waals surface area (Å²) < 4.78 is 0. The third kappa shape index (κ3) is 2.55. The Morgan fingerprint density at radius 1 is 1.36 bits per heavy atom. The molecule has 0 aliphatic heterocycles. The number of quaternary nitrogens is 1. The van der Waals surface area contributed by atoms with Gasteiger partial charge in [0.05, 0.1) is 0 Å². The van der Waals surface area contributed by atoms with Crippen LogP contribution in [0.5, 0.6) is 0 Å². The average molecular weight is 162 g/mol. The molecule has 0 amide bonds. The molecule has 0 rings (SSSR count). The molecule has 0 aliphatic carbocycles. The van der Waals surface area contributed by atoms with E-state index in [1.165, 1.54) is 0 Å². The maximum Gasteiger partial charge on any atom is 0.363 e. The van der Waals surface area contributed by atoms with Crippen LogP contribution in [0.1, 0.15) is 13.3 Å². The van der Waals surface area contributed by atoms with Crippen LogP contribution in [0.4, 0.5) is 0 Å². The molecule has 0 aromatic rings. The quantitative estimate of drug-likeness (QED) is 0.482. The lowest BCUT2D eigenvalue weighted by molar-refractivity contribution is -0.417. The molecule has 0 aliphatic rings. The highest BCUT2D eigenvalue weighted by Gasteiger charge is 2.32. The van der Waals surface area contributed by atoms with E-state index in [9.17, 15) is 9.59 Å². The van der Waals surface area contributed by atoms with Crippen LogP contribution in [0.25, 0.3) is 0 Å².